The summed E-state index contributed by atoms with van der Waals surface area (Å²) in [7, 11) is -4.03. The summed E-state index contributed by atoms with van der Waals surface area (Å²) in [5, 5.41) is 0. The van der Waals surface area contributed by atoms with E-state index in [4.69, 9.17) is 11.6 Å². The van der Waals surface area contributed by atoms with Gasteiger partial charge < -0.3 is 0 Å². The Bertz CT molecular complexity index is 573. The van der Waals surface area contributed by atoms with Gasteiger partial charge >= 0.3 is 6.18 Å². The molecule has 3 nitrogen and oxygen atoms in total. The predicted molar refractivity (Wildman–Crippen MR) is 75.7 cm³/mol. The third kappa shape index (κ3) is 5.48. The fraction of sp³-hybridized carbons (Fsp3) is 0.538. The van der Waals surface area contributed by atoms with E-state index in [-0.39, 0.29) is 11.8 Å². The van der Waals surface area contributed by atoms with Crippen LogP contribution in [-0.4, -0.2) is 20.3 Å². The van der Waals surface area contributed by atoms with Crippen LogP contribution >= 0.6 is 11.6 Å². The molecule has 120 valence electrons. The molecule has 0 aromatic heterocycles. The minimum atomic E-state index is -4.59. The highest BCUT2D eigenvalue weighted by molar-refractivity contribution is 7.89. The Balaban J connectivity index is 3.02. The summed E-state index contributed by atoms with van der Waals surface area (Å²) in [6.45, 7) is 3.80. The second-order valence-corrected chi connectivity index (χ2v) is 7.15. The molecule has 0 amide bonds. The lowest BCUT2D eigenvalue weighted by Gasteiger charge is -2.18. The van der Waals surface area contributed by atoms with Crippen LogP contribution in [0.15, 0.2) is 29.2 Å². The summed E-state index contributed by atoms with van der Waals surface area (Å²) in [6.07, 6.45) is -4.09. The van der Waals surface area contributed by atoms with Crippen LogP contribution in [0.1, 0.15) is 25.8 Å². The normalized spacial score (nSPS) is 14.4. The highest BCUT2D eigenvalue weighted by atomic mass is 35.5. The molecule has 0 aliphatic rings. The van der Waals surface area contributed by atoms with Crippen molar-refractivity contribution in [2.24, 2.45) is 5.92 Å². The van der Waals surface area contributed by atoms with Crippen molar-refractivity contribution in [3.63, 3.8) is 0 Å². The molecule has 1 unspecified atom stereocenters. The predicted octanol–water partition coefficient (Wildman–Crippen LogP) is 3.64. The molecule has 1 aromatic rings. The zero-order valence-electron chi connectivity index (χ0n) is 11.6. The summed E-state index contributed by atoms with van der Waals surface area (Å²) in [5.74, 6) is 0.258. The Kier molecular flexibility index (Phi) is 6.07. The molecule has 1 N–H and O–H groups in total. The smallest absolute Gasteiger partial charge is 0.207 e. The van der Waals surface area contributed by atoms with Crippen molar-refractivity contribution in [2.45, 2.75) is 37.4 Å². The van der Waals surface area contributed by atoms with Crippen molar-refractivity contribution in [3.8, 4) is 0 Å². The third-order valence-electron chi connectivity index (χ3n) is 2.74. The average molecular weight is 344 g/mol. The molecule has 1 rings (SSSR count). The number of nitrogens with one attached hydrogen (secondary N) is 1. The number of hydrogen-bond acceptors (Lipinski definition) is 2. The van der Waals surface area contributed by atoms with Gasteiger partial charge in [-0.25, -0.2) is 13.1 Å². The number of hydrogen-bond donors (Lipinski definition) is 1. The first-order valence-corrected chi connectivity index (χ1v) is 8.33. The lowest BCUT2D eigenvalue weighted by molar-refractivity contribution is -0.137. The maximum atomic E-state index is 12.6. The second kappa shape index (κ2) is 6.98. The number of alkyl halides is 4. The Morgan fingerprint density at radius 3 is 2.38 bits per heavy atom. The Labute approximate surface area is 127 Å². The van der Waals surface area contributed by atoms with Gasteiger partial charge in [0.05, 0.1) is 10.5 Å². The molecule has 0 fully saturated rings. The van der Waals surface area contributed by atoms with Crippen molar-refractivity contribution in [1.82, 2.24) is 4.72 Å². The van der Waals surface area contributed by atoms with Crippen LogP contribution in [0.3, 0.4) is 0 Å². The molecule has 1 atom stereocenters. The maximum Gasteiger partial charge on any atom is 0.416 e. The topological polar surface area (TPSA) is 46.2 Å². The number of benzene rings is 1. The van der Waals surface area contributed by atoms with Crippen LogP contribution < -0.4 is 4.72 Å². The molecule has 0 aliphatic carbocycles. The fourth-order valence-electron chi connectivity index (χ4n) is 1.84. The van der Waals surface area contributed by atoms with Crippen LogP contribution in [0.25, 0.3) is 0 Å². The van der Waals surface area contributed by atoms with Gasteiger partial charge in [-0.2, -0.15) is 13.2 Å². The van der Waals surface area contributed by atoms with E-state index in [9.17, 15) is 21.6 Å². The van der Waals surface area contributed by atoms with Crippen LogP contribution in [-0.2, 0) is 16.2 Å². The van der Waals surface area contributed by atoms with E-state index in [0.717, 1.165) is 18.2 Å². The Morgan fingerprint density at radius 1 is 1.29 bits per heavy atom. The van der Waals surface area contributed by atoms with Crippen LogP contribution in [0.4, 0.5) is 13.2 Å². The van der Waals surface area contributed by atoms with Gasteiger partial charge in [-0.3, -0.25) is 0 Å². The zero-order valence-corrected chi connectivity index (χ0v) is 13.2. The van der Waals surface area contributed by atoms with Crippen molar-refractivity contribution in [2.75, 3.05) is 5.88 Å². The minimum absolute atomic E-state index is 0.0520. The van der Waals surface area contributed by atoms with E-state index in [0.29, 0.717) is 12.5 Å². The van der Waals surface area contributed by atoms with Gasteiger partial charge in [0.25, 0.3) is 0 Å². The summed E-state index contributed by atoms with van der Waals surface area (Å²) < 4.78 is 64.5. The summed E-state index contributed by atoms with van der Waals surface area (Å²) in [4.78, 5) is -0.420. The zero-order chi connectivity index (χ0) is 16.3. The largest absolute Gasteiger partial charge is 0.416 e. The van der Waals surface area contributed by atoms with Gasteiger partial charge in [-0.1, -0.05) is 19.9 Å². The molecule has 0 heterocycles. The number of halogens is 4. The Hall–Kier alpha value is -0.790. The van der Waals surface area contributed by atoms with E-state index >= 15 is 0 Å². The highest BCUT2D eigenvalue weighted by Gasteiger charge is 2.32. The first-order valence-electron chi connectivity index (χ1n) is 6.32. The van der Waals surface area contributed by atoms with Gasteiger partial charge in [0.2, 0.25) is 10.0 Å². The van der Waals surface area contributed by atoms with Crippen LogP contribution in [0.5, 0.6) is 0 Å². The first kappa shape index (κ1) is 18.3. The lowest BCUT2D eigenvalue weighted by Crippen LogP contribution is -2.37. The molecular formula is C13H17ClF3NO2S. The van der Waals surface area contributed by atoms with Crippen LogP contribution in [0, 0.1) is 5.92 Å². The molecule has 0 spiro atoms. The van der Waals surface area contributed by atoms with E-state index in [1.54, 1.807) is 0 Å². The minimum Gasteiger partial charge on any atom is -0.207 e. The summed E-state index contributed by atoms with van der Waals surface area (Å²) in [5.41, 5.74) is -1.00. The van der Waals surface area contributed by atoms with Crippen LogP contribution in [0.2, 0.25) is 0 Å². The molecule has 0 bridgehead atoms. The lowest BCUT2D eigenvalue weighted by atomic mass is 10.1. The van der Waals surface area contributed by atoms with Crippen molar-refractivity contribution in [1.29, 1.82) is 0 Å². The Morgan fingerprint density at radius 2 is 1.90 bits per heavy atom. The van der Waals surface area contributed by atoms with Gasteiger partial charge in [0, 0.05) is 11.9 Å². The average Bonchev–Trinajstić information content (AvgIpc) is 2.36. The molecule has 0 radical (unpaired) electrons. The van der Waals surface area contributed by atoms with Gasteiger partial charge in [0.1, 0.15) is 0 Å². The molecule has 8 heteroatoms. The van der Waals surface area contributed by atoms with E-state index in [1.165, 1.54) is 0 Å². The van der Waals surface area contributed by atoms with Crippen molar-refractivity contribution >= 4 is 21.6 Å². The number of sulfonamides is 1. The second-order valence-electron chi connectivity index (χ2n) is 5.13. The van der Waals surface area contributed by atoms with E-state index in [1.807, 2.05) is 13.8 Å². The number of rotatable bonds is 6. The standard InChI is InChI=1S/C13H17ClF3NO2S/c1-9(2)6-11(8-14)18-21(19,20)12-5-3-4-10(7-12)13(15,16)17/h3-5,7,9,11,18H,6,8H2,1-2H3. The van der Waals surface area contributed by atoms with Gasteiger partial charge in [-0.15, -0.1) is 11.6 Å². The SMILES string of the molecule is CC(C)CC(CCl)NS(=O)(=O)c1cccc(C(F)(F)F)c1. The first-order chi connectivity index (χ1) is 9.56. The van der Waals surface area contributed by atoms with Crippen molar-refractivity contribution in [3.05, 3.63) is 29.8 Å². The molecule has 0 aliphatic heterocycles. The summed E-state index contributed by atoms with van der Waals surface area (Å²) >= 11 is 5.70. The van der Waals surface area contributed by atoms with E-state index in [2.05, 4.69) is 4.72 Å². The van der Waals surface area contributed by atoms with Gasteiger partial charge in [0.15, 0.2) is 0 Å². The molecule has 0 saturated heterocycles. The van der Waals surface area contributed by atoms with E-state index < -0.39 is 32.7 Å². The third-order valence-corrected chi connectivity index (χ3v) is 4.63. The van der Waals surface area contributed by atoms with Crippen molar-refractivity contribution < 1.29 is 21.6 Å². The maximum absolute atomic E-state index is 12.6. The summed E-state index contributed by atoms with van der Waals surface area (Å²) in [6, 6.07) is 3.11. The molecule has 0 saturated carbocycles. The molecule has 1 aromatic carbocycles. The quantitative estimate of drug-likeness (QED) is 0.802. The molecule has 21 heavy (non-hydrogen) atoms. The monoisotopic (exact) mass is 343 g/mol. The molecular weight excluding hydrogens is 327 g/mol. The fourth-order valence-corrected chi connectivity index (χ4v) is 3.43. The van der Waals surface area contributed by atoms with Gasteiger partial charge in [-0.05, 0) is 30.5 Å². The highest BCUT2D eigenvalue weighted by Crippen LogP contribution is 2.30.